The van der Waals surface area contributed by atoms with Crippen molar-refractivity contribution < 1.29 is 22.7 Å². The first-order chi connectivity index (χ1) is 6.49. The number of carbonyl (C=O) groups is 1. The molecule has 0 aromatic heterocycles. The lowest BCUT2D eigenvalue weighted by Gasteiger charge is -2.05. The van der Waals surface area contributed by atoms with E-state index < -0.39 is 23.4 Å². The molecular weight excluding hydrogens is 197 g/mol. The van der Waals surface area contributed by atoms with E-state index in [2.05, 4.69) is 4.74 Å². The molecule has 0 spiro atoms. The van der Waals surface area contributed by atoms with E-state index in [-0.39, 0.29) is 11.1 Å². The van der Waals surface area contributed by atoms with Crippen LogP contribution in [0.15, 0.2) is 6.07 Å². The molecule has 2 nitrogen and oxygen atoms in total. The Hall–Kier alpha value is -1.52. The van der Waals surface area contributed by atoms with E-state index in [9.17, 15) is 18.0 Å². The highest BCUT2D eigenvalue weighted by atomic mass is 19.2. The third kappa shape index (κ3) is 1.57. The molecule has 14 heavy (non-hydrogen) atoms. The number of methoxy groups -OCH3 is 1. The first-order valence-electron chi connectivity index (χ1n) is 3.71. The summed E-state index contributed by atoms with van der Waals surface area (Å²) in [5.74, 6) is -5.27. The molecule has 0 saturated carbocycles. The van der Waals surface area contributed by atoms with E-state index in [1.807, 2.05) is 0 Å². The van der Waals surface area contributed by atoms with Crippen LogP contribution >= 0.6 is 0 Å². The zero-order valence-electron chi connectivity index (χ0n) is 7.53. The molecular formula is C9H7F3O2. The Bertz CT molecular complexity index is 388. The maximum absolute atomic E-state index is 12.9. The number of esters is 1. The van der Waals surface area contributed by atoms with Crippen molar-refractivity contribution in [3.63, 3.8) is 0 Å². The summed E-state index contributed by atoms with van der Waals surface area (Å²) in [6, 6.07) is 0.611. The quantitative estimate of drug-likeness (QED) is 0.517. The first-order valence-corrected chi connectivity index (χ1v) is 3.71. The van der Waals surface area contributed by atoms with Crippen molar-refractivity contribution >= 4 is 5.97 Å². The SMILES string of the molecule is COC(=O)c1cc(F)c(F)c(F)c1C. The normalized spacial score (nSPS) is 10.1. The molecule has 1 rings (SSSR count). The van der Waals surface area contributed by atoms with Crippen LogP contribution < -0.4 is 0 Å². The molecule has 0 heterocycles. The first kappa shape index (κ1) is 10.6. The largest absolute Gasteiger partial charge is 0.465 e. The predicted octanol–water partition coefficient (Wildman–Crippen LogP) is 2.20. The maximum atomic E-state index is 12.9. The summed E-state index contributed by atoms with van der Waals surface area (Å²) in [6.07, 6.45) is 0. The molecule has 0 saturated heterocycles. The van der Waals surface area contributed by atoms with Crippen LogP contribution in [-0.4, -0.2) is 13.1 Å². The summed E-state index contributed by atoms with van der Waals surface area (Å²) >= 11 is 0. The van der Waals surface area contributed by atoms with E-state index in [4.69, 9.17) is 0 Å². The number of ether oxygens (including phenoxy) is 1. The highest BCUT2D eigenvalue weighted by Crippen LogP contribution is 2.19. The fourth-order valence-corrected chi connectivity index (χ4v) is 1.01. The van der Waals surface area contributed by atoms with Crippen LogP contribution in [-0.2, 0) is 4.74 Å². The Kier molecular flexibility index (Phi) is 2.78. The average molecular weight is 204 g/mol. The van der Waals surface area contributed by atoms with Gasteiger partial charge in [-0.05, 0) is 13.0 Å². The molecule has 0 unspecified atom stereocenters. The van der Waals surface area contributed by atoms with Gasteiger partial charge < -0.3 is 4.74 Å². The molecule has 5 heteroatoms. The molecule has 1 aromatic rings. The lowest BCUT2D eigenvalue weighted by molar-refractivity contribution is 0.0598. The molecule has 0 fully saturated rings. The van der Waals surface area contributed by atoms with Gasteiger partial charge in [0.2, 0.25) is 0 Å². The van der Waals surface area contributed by atoms with Gasteiger partial charge >= 0.3 is 5.97 Å². The summed E-state index contributed by atoms with van der Waals surface area (Å²) in [4.78, 5) is 11.0. The van der Waals surface area contributed by atoms with Gasteiger partial charge in [0.1, 0.15) is 0 Å². The molecule has 0 bridgehead atoms. The predicted molar refractivity (Wildman–Crippen MR) is 42.4 cm³/mol. The minimum atomic E-state index is -1.59. The van der Waals surface area contributed by atoms with E-state index >= 15 is 0 Å². The third-order valence-electron chi connectivity index (χ3n) is 1.81. The highest BCUT2D eigenvalue weighted by Gasteiger charge is 2.19. The molecule has 76 valence electrons. The zero-order valence-corrected chi connectivity index (χ0v) is 7.53. The fraction of sp³-hybridized carbons (Fsp3) is 0.222. The van der Waals surface area contributed by atoms with Crippen LogP contribution in [0.25, 0.3) is 0 Å². The fourth-order valence-electron chi connectivity index (χ4n) is 1.01. The standard InChI is InChI=1S/C9H7F3O2/c1-4-5(9(13)14-2)3-6(10)8(12)7(4)11/h3H,1-2H3. The number of carbonyl (C=O) groups excluding carboxylic acids is 1. The van der Waals surface area contributed by atoms with Crippen LogP contribution in [0.1, 0.15) is 15.9 Å². The molecule has 0 aliphatic heterocycles. The van der Waals surface area contributed by atoms with Gasteiger partial charge in [-0.2, -0.15) is 0 Å². The second kappa shape index (κ2) is 3.69. The lowest BCUT2D eigenvalue weighted by atomic mass is 10.1. The molecule has 0 aliphatic rings. The van der Waals surface area contributed by atoms with Crippen molar-refractivity contribution in [1.29, 1.82) is 0 Å². The van der Waals surface area contributed by atoms with Crippen molar-refractivity contribution in [3.8, 4) is 0 Å². The van der Waals surface area contributed by atoms with Gasteiger partial charge in [-0.15, -0.1) is 0 Å². The minimum Gasteiger partial charge on any atom is -0.465 e. The van der Waals surface area contributed by atoms with Crippen molar-refractivity contribution in [1.82, 2.24) is 0 Å². The van der Waals surface area contributed by atoms with Gasteiger partial charge in [0.25, 0.3) is 0 Å². The van der Waals surface area contributed by atoms with Gasteiger partial charge in [-0.25, -0.2) is 18.0 Å². The van der Waals surface area contributed by atoms with Crippen LogP contribution in [0.5, 0.6) is 0 Å². The summed E-state index contributed by atoms with van der Waals surface area (Å²) < 4.78 is 42.5. The zero-order chi connectivity index (χ0) is 10.9. The number of hydrogen-bond donors (Lipinski definition) is 0. The molecule has 0 amide bonds. The Morgan fingerprint density at radius 3 is 2.36 bits per heavy atom. The van der Waals surface area contributed by atoms with Gasteiger partial charge in [-0.1, -0.05) is 0 Å². The molecule has 0 N–H and O–H groups in total. The maximum Gasteiger partial charge on any atom is 0.338 e. The lowest BCUT2D eigenvalue weighted by Crippen LogP contribution is -2.08. The van der Waals surface area contributed by atoms with E-state index in [1.54, 1.807) is 0 Å². The number of halogens is 3. The van der Waals surface area contributed by atoms with Crippen molar-refractivity contribution in [2.24, 2.45) is 0 Å². The Morgan fingerprint density at radius 1 is 1.29 bits per heavy atom. The van der Waals surface area contributed by atoms with Crippen LogP contribution in [0.2, 0.25) is 0 Å². The Morgan fingerprint density at radius 2 is 1.86 bits per heavy atom. The minimum absolute atomic E-state index is 0.268. The van der Waals surface area contributed by atoms with E-state index in [0.717, 1.165) is 7.11 Å². The van der Waals surface area contributed by atoms with Crippen molar-refractivity contribution in [2.75, 3.05) is 7.11 Å². The Balaban J connectivity index is 3.40. The smallest absolute Gasteiger partial charge is 0.338 e. The second-order valence-electron chi connectivity index (χ2n) is 2.65. The van der Waals surface area contributed by atoms with Crippen LogP contribution in [0.4, 0.5) is 13.2 Å². The topological polar surface area (TPSA) is 26.3 Å². The molecule has 0 radical (unpaired) electrons. The second-order valence-corrected chi connectivity index (χ2v) is 2.65. The number of rotatable bonds is 1. The molecule has 1 aromatic carbocycles. The van der Waals surface area contributed by atoms with Gasteiger partial charge in [0.15, 0.2) is 17.5 Å². The van der Waals surface area contributed by atoms with Crippen molar-refractivity contribution in [3.05, 3.63) is 34.6 Å². The van der Waals surface area contributed by atoms with Crippen LogP contribution in [0, 0.1) is 24.4 Å². The summed E-state index contributed by atoms with van der Waals surface area (Å²) in [5, 5.41) is 0. The summed E-state index contributed by atoms with van der Waals surface area (Å²) in [7, 11) is 1.07. The van der Waals surface area contributed by atoms with Gasteiger partial charge in [0.05, 0.1) is 12.7 Å². The summed E-state index contributed by atoms with van der Waals surface area (Å²) in [5.41, 5.74) is -0.584. The van der Waals surface area contributed by atoms with E-state index in [1.165, 1.54) is 6.92 Å². The van der Waals surface area contributed by atoms with Crippen molar-refractivity contribution in [2.45, 2.75) is 6.92 Å². The highest BCUT2D eigenvalue weighted by molar-refractivity contribution is 5.90. The average Bonchev–Trinajstić information content (AvgIpc) is 2.19. The van der Waals surface area contributed by atoms with Crippen LogP contribution in [0.3, 0.4) is 0 Å². The molecule has 0 aliphatic carbocycles. The number of hydrogen-bond acceptors (Lipinski definition) is 2. The van der Waals surface area contributed by atoms with Gasteiger partial charge in [0, 0.05) is 5.56 Å². The molecule has 0 atom stereocenters. The van der Waals surface area contributed by atoms with Gasteiger partial charge in [-0.3, -0.25) is 0 Å². The summed E-state index contributed by atoms with van der Waals surface area (Å²) in [6.45, 7) is 1.17. The monoisotopic (exact) mass is 204 g/mol. The van der Waals surface area contributed by atoms with E-state index in [0.29, 0.717) is 6.07 Å². The number of benzene rings is 1. The Labute approximate surface area is 78.3 Å². The third-order valence-corrected chi connectivity index (χ3v) is 1.81.